The maximum Gasteiger partial charge on any atom is 0.320 e. The van der Waals surface area contributed by atoms with E-state index in [0.29, 0.717) is 0 Å². The average molecular weight is 287 g/mol. The van der Waals surface area contributed by atoms with E-state index in [2.05, 4.69) is 4.90 Å². The number of hydrogen-bond acceptors (Lipinski definition) is 3. The second kappa shape index (κ2) is 5.90. The molecule has 1 aliphatic rings. The van der Waals surface area contributed by atoms with Crippen LogP contribution in [0.5, 0.6) is 0 Å². The lowest BCUT2D eigenvalue weighted by Gasteiger charge is -2.31. The highest BCUT2D eigenvalue weighted by Gasteiger charge is 2.32. The van der Waals surface area contributed by atoms with Crippen molar-refractivity contribution in [3.8, 4) is 0 Å². The highest BCUT2D eigenvalue weighted by molar-refractivity contribution is 5.78. The largest absolute Gasteiger partial charge is 0.480 e. The highest BCUT2D eigenvalue weighted by atomic mass is 16.4. The van der Waals surface area contributed by atoms with Gasteiger partial charge in [0.2, 0.25) is 0 Å². The SMILES string of the molecule is CC(c1cc2ccccc2o1)N1CCCCCC1C(=O)O. The molecule has 2 heterocycles. The lowest BCUT2D eigenvalue weighted by molar-refractivity contribution is -0.144. The fraction of sp³-hybridized carbons (Fsp3) is 0.471. The summed E-state index contributed by atoms with van der Waals surface area (Å²) in [7, 11) is 0. The summed E-state index contributed by atoms with van der Waals surface area (Å²) in [6.45, 7) is 2.86. The van der Waals surface area contributed by atoms with Gasteiger partial charge in [-0.15, -0.1) is 0 Å². The minimum absolute atomic E-state index is 0.0170. The molecule has 2 aromatic rings. The fourth-order valence-corrected chi connectivity index (χ4v) is 3.23. The number of para-hydroxylation sites is 1. The second-order valence-electron chi connectivity index (χ2n) is 5.80. The van der Waals surface area contributed by atoms with Crippen LogP contribution < -0.4 is 0 Å². The molecule has 0 saturated carbocycles. The van der Waals surface area contributed by atoms with Crippen LogP contribution in [0.4, 0.5) is 0 Å². The highest BCUT2D eigenvalue weighted by Crippen LogP contribution is 2.31. The van der Waals surface area contributed by atoms with Gasteiger partial charge in [0.1, 0.15) is 17.4 Å². The van der Waals surface area contributed by atoms with Crippen LogP contribution in [0.2, 0.25) is 0 Å². The van der Waals surface area contributed by atoms with Crippen molar-refractivity contribution in [1.29, 1.82) is 0 Å². The Bertz CT molecular complexity index is 601. The van der Waals surface area contributed by atoms with Gasteiger partial charge in [0, 0.05) is 5.39 Å². The van der Waals surface area contributed by atoms with Crippen LogP contribution in [-0.4, -0.2) is 28.6 Å². The summed E-state index contributed by atoms with van der Waals surface area (Å²) in [5.41, 5.74) is 0.862. The van der Waals surface area contributed by atoms with E-state index in [4.69, 9.17) is 4.42 Å². The number of carbonyl (C=O) groups is 1. The van der Waals surface area contributed by atoms with E-state index < -0.39 is 12.0 Å². The molecule has 21 heavy (non-hydrogen) atoms. The van der Waals surface area contributed by atoms with Gasteiger partial charge in [-0.05, 0) is 38.4 Å². The summed E-state index contributed by atoms with van der Waals surface area (Å²) in [6, 6.07) is 9.51. The van der Waals surface area contributed by atoms with Crippen LogP contribution in [0.15, 0.2) is 34.7 Å². The van der Waals surface area contributed by atoms with Gasteiger partial charge in [0.05, 0.1) is 6.04 Å². The standard InChI is InChI=1S/C17H21NO3/c1-12(16-11-13-7-4-5-9-15(13)21-16)18-10-6-2-3-8-14(18)17(19)20/h4-5,7,9,11-12,14H,2-3,6,8,10H2,1H3,(H,19,20). The average Bonchev–Trinajstić information content (AvgIpc) is 2.75. The minimum Gasteiger partial charge on any atom is -0.480 e. The monoisotopic (exact) mass is 287 g/mol. The molecule has 0 radical (unpaired) electrons. The third-order valence-electron chi connectivity index (χ3n) is 4.43. The third kappa shape index (κ3) is 2.81. The molecule has 2 unspecified atom stereocenters. The Labute approximate surface area is 124 Å². The van der Waals surface area contributed by atoms with Gasteiger partial charge in [0.25, 0.3) is 0 Å². The van der Waals surface area contributed by atoms with Crippen LogP contribution in [0, 0.1) is 0 Å². The number of benzene rings is 1. The van der Waals surface area contributed by atoms with Crippen molar-refractivity contribution in [3.63, 3.8) is 0 Å². The van der Waals surface area contributed by atoms with Gasteiger partial charge < -0.3 is 9.52 Å². The molecule has 1 N–H and O–H groups in total. The number of hydrogen-bond donors (Lipinski definition) is 1. The van der Waals surface area contributed by atoms with Crippen molar-refractivity contribution in [1.82, 2.24) is 4.90 Å². The minimum atomic E-state index is -0.722. The van der Waals surface area contributed by atoms with E-state index in [9.17, 15) is 9.90 Å². The molecule has 1 saturated heterocycles. The predicted octanol–water partition coefficient (Wildman–Crippen LogP) is 3.82. The molecular formula is C17H21NO3. The zero-order chi connectivity index (χ0) is 14.8. The van der Waals surface area contributed by atoms with Crippen LogP contribution >= 0.6 is 0 Å². The van der Waals surface area contributed by atoms with Crippen molar-refractivity contribution in [2.45, 2.75) is 44.7 Å². The number of rotatable bonds is 3. The first-order valence-electron chi connectivity index (χ1n) is 7.64. The maximum atomic E-state index is 11.6. The summed E-state index contributed by atoms with van der Waals surface area (Å²) in [5, 5.41) is 10.6. The van der Waals surface area contributed by atoms with Gasteiger partial charge in [-0.2, -0.15) is 0 Å². The molecule has 4 heteroatoms. The van der Waals surface area contributed by atoms with E-state index in [1.807, 2.05) is 37.3 Å². The normalized spacial score (nSPS) is 22.0. The topological polar surface area (TPSA) is 53.7 Å². The van der Waals surface area contributed by atoms with Crippen LogP contribution in [0.1, 0.15) is 44.4 Å². The molecule has 1 aromatic heterocycles. The van der Waals surface area contributed by atoms with Crippen molar-refractivity contribution >= 4 is 16.9 Å². The number of aliphatic carboxylic acids is 1. The number of carboxylic acid groups (broad SMARTS) is 1. The maximum absolute atomic E-state index is 11.6. The zero-order valence-corrected chi connectivity index (χ0v) is 12.3. The van der Waals surface area contributed by atoms with Crippen molar-refractivity contribution in [3.05, 3.63) is 36.1 Å². The van der Waals surface area contributed by atoms with Crippen LogP contribution in [-0.2, 0) is 4.79 Å². The van der Waals surface area contributed by atoms with E-state index in [0.717, 1.165) is 49.0 Å². The predicted molar refractivity (Wildman–Crippen MR) is 81.2 cm³/mol. The molecule has 0 spiro atoms. The molecule has 4 nitrogen and oxygen atoms in total. The Hall–Kier alpha value is -1.81. The fourth-order valence-electron chi connectivity index (χ4n) is 3.23. The van der Waals surface area contributed by atoms with Gasteiger partial charge in [-0.3, -0.25) is 9.69 Å². The van der Waals surface area contributed by atoms with E-state index in [1.165, 1.54) is 0 Å². The Morgan fingerprint density at radius 2 is 2.14 bits per heavy atom. The number of nitrogens with zero attached hydrogens (tertiary/aromatic N) is 1. The molecule has 112 valence electrons. The Morgan fingerprint density at radius 3 is 2.90 bits per heavy atom. The summed E-state index contributed by atoms with van der Waals surface area (Å²) < 4.78 is 5.92. The van der Waals surface area contributed by atoms with E-state index in [-0.39, 0.29) is 6.04 Å². The molecule has 1 fully saturated rings. The first-order valence-corrected chi connectivity index (χ1v) is 7.64. The third-order valence-corrected chi connectivity index (χ3v) is 4.43. The van der Waals surface area contributed by atoms with E-state index >= 15 is 0 Å². The number of carboxylic acids is 1. The van der Waals surface area contributed by atoms with Crippen molar-refractivity contribution < 1.29 is 14.3 Å². The van der Waals surface area contributed by atoms with E-state index in [1.54, 1.807) is 0 Å². The first kappa shape index (κ1) is 14.1. The summed E-state index contributed by atoms with van der Waals surface area (Å²) in [6.07, 6.45) is 3.86. The number of likely N-dealkylation sites (tertiary alicyclic amines) is 1. The van der Waals surface area contributed by atoms with Gasteiger partial charge in [-0.25, -0.2) is 0 Å². The smallest absolute Gasteiger partial charge is 0.320 e. The Kier molecular flexibility index (Phi) is 3.97. The van der Waals surface area contributed by atoms with Crippen molar-refractivity contribution in [2.75, 3.05) is 6.54 Å². The quantitative estimate of drug-likeness (QED) is 0.932. The number of furan rings is 1. The van der Waals surface area contributed by atoms with Gasteiger partial charge >= 0.3 is 5.97 Å². The van der Waals surface area contributed by atoms with Crippen LogP contribution in [0.3, 0.4) is 0 Å². The molecule has 0 aliphatic carbocycles. The first-order chi connectivity index (χ1) is 10.2. The molecule has 2 atom stereocenters. The summed E-state index contributed by atoms with van der Waals surface area (Å²) in [4.78, 5) is 13.6. The zero-order valence-electron chi connectivity index (χ0n) is 12.3. The molecular weight excluding hydrogens is 266 g/mol. The van der Waals surface area contributed by atoms with Crippen LogP contribution in [0.25, 0.3) is 11.0 Å². The lowest BCUT2D eigenvalue weighted by Crippen LogP contribution is -2.42. The molecule has 1 aromatic carbocycles. The van der Waals surface area contributed by atoms with Gasteiger partial charge in [-0.1, -0.05) is 31.0 Å². The number of fused-ring (bicyclic) bond motifs is 1. The second-order valence-corrected chi connectivity index (χ2v) is 5.80. The Balaban J connectivity index is 1.90. The van der Waals surface area contributed by atoms with Crippen molar-refractivity contribution in [2.24, 2.45) is 0 Å². The Morgan fingerprint density at radius 1 is 1.33 bits per heavy atom. The lowest BCUT2D eigenvalue weighted by atomic mass is 10.1. The molecule has 0 bridgehead atoms. The molecule has 1 aliphatic heterocycles. The van der Waals surface area contributed by atoms with Gasteiger partial charge in [0.15, 0.2) is 0 Å². The summed E-state index contributed by atoms with van der Waals surface area (Å²) >= 11 is 0. The molecule has 3 rings (SSSR count). The molecule has 0 amide bonds. The summed E-state index contributed by atoms with van der Waals surface area (Å²) in [5.74, 6) is 0.129.